The minimum atomic E-state index is 0.522. The van der Waals surface area contributed by atoms with Crippen molar-refractivity contribution in [3.05, 3.63) is 30.1 Å². The number of hydrogen-bond acceptors (Lipinski definition) is 2. The van der Waals surface area contributed by atoms with Crippen LogP contribution in [-0.4, -0.2) is 17.6 Å². The van der Waals surface area contributed by atoms with E-state index in [-0.39, 0.29) is 0 Å². The van der Waals surface area contributed by atoms with Crippen molar-refractivity contribution >= 4 is 0 Å². The summed E-state index contributed by atoms with van der Waals surface area (Å²) in [5.41, 5.74) is 1.24. The zero-order valence-corrected chi connectivity index (χ0v) is 11.5. The molecule has 1 heterocycles. The number of rotatable bonds is 5. The molecular formula is C16H24N2. The first-order valence-electron chi connectivity index (χ1n) is 7.44. The Balaban J connectivity index is 1.72. The van der Waals surface area contributed by atoms with Crippen molar-refractivity contribution in [3.63, 3.8) is 0 Å². The van der Waals surface area contributed by atoms with Crippen LogP contribution in [-0.2, 0) is 0 Å². The van der Waals surface area contributed by atoms with Crippen LogP contribution in [0, 0.1) is 17.8 Å². The third-order valence-electron chi connectivity index (χ3n) is 4.92. The van der Waals surface area contributed by atoms with Gasteiger partial charge in [0.25, 0.3) is 0 Å². The van der Waals surface area contributed by atoms with Gasteiger partial charge >= 0.3 is 0 Å². The predicted octanol–water partition coefficient (Wildman–Crippen LogP) is 3.21. The molecule has 0 saturated heterocycles. The highest BCUT2D eigenvalue weighted by Gasteiger charge is 2.48. The standard InChI is InChI=1S/C16H24N2/c1-3-17-16(14-9-12-8-13(12)10-14)11(2)15-6-4-5-7-18-15/h4-7,11-14,16-17H,3,8-10H2,1-2H3. The second-order valence-corrected chi connectivity index (χ2v) is 6.11. The van der Waals surface area contributed by atoms with Crippen LogP contribution in [0.15, 0.2) is 24.4 Å². The summed E-state index contributed by atoms with van der Waals surface area (Å²) < 4.78 is 0. The van der Waals surface area contributed by atoms with E-state index in [1.54, 1.807) is 0 Å². The predicted molar refractivity (Wildman–Crippen MR) is 74.4 cm³/mol. The normalized spacial score (nSPS) is 32.9. The molecule has 1 N–H and O–H groups in total. The van der Waals surface area contributed by atoms with Gasteiger partial charge in [0, 0.05) is 23.9 Å². The lowest BCUT2D eigenvalue weighted by Gasteiger charge is -2.31. The zero-order valence-electron chi connectivity index (χ0n) is 11.5. The van der Waals surface area contributed by atoms with Crippen LogP contribution in [0.25, 0.3) is 0 Å². The molecule has 0 amide bonds. The highest BCUT2D eigenvalue weighted by Crippen LogP contribution is 2.56. The van der Waals surface area contributed by atoms with Gasteiger partial charge in [-0.25, -0.2) is 0 Å². The Morgan fingerprint density at radius 2 is 2.06 bits per heavy atom. The van der Waals surface area contributed by atoms with E-state index in [9.17, 15) is 0 Å². The fraction of sp³-hybridized carbons (Fsp3) is 0.688. The molecule has 2 aliphatic rings. The molecule has 2 heteroatoms. The van der Waals surface area contributed by atoms with Gasteiger partial charge in [-0.2, -0.15) is 0 Å². The molecule has 0 radical (unpaired) electrons. The topological polar surface area (TPSA) is 24.9 Å². The Kier molecular flexibility index (Phi) is 3.38. The smallest absolute Gasteiger partial charge is 0.0447 e. The van der Waals surface area contributed by atoms with Gasteiger partial charge < -0.3 is 5.32 Å². The van der Waals surface area contributed by atoms with Gasteiger partial charge in [-0.1, -0.05) is 19.9 Å². The first kappa shape index (κ1) is 12.2. The summed E-state index contributed by atoms with van der Waals surface area (Å²) in [6.45, 7) is 5.61. The molecule has 0 aliphatic heterocycles. The van der Waals surface area contributed by atoms with Crippen LogP contribution in [0.1, 0.15) is 44.7 Å². The first-order chi connectivity index (χ1) is 8.79. The Labute approximate surface area is 110 Å². The van der Waals surface area contributed by atoms with Crippen LogP contribution >= 0.6 is 0 Å². The van der Waals surface area contributed by atoms with Crippen molar-refractivity contribution < 1.29 is 0 Å². The van der Waals surface area contributed by atoms with Gasteiger partial charge in [-0.05, 0) is 55.7 Å². The maximum atomic E-state index is 4.54. The molecule has 2 saturated carbocycles. The Bertz CT molecular complexity index is 379. The van der Waals surface area contributed by atoms with Crippen molar-refractivity contribution in [1.29, 1.82) is 0 Å². The average Bonchev–Trinajstić information content (AvgIpc) is 3.03. The summed E-state index contributed by atoms with van der Waals surface area (Å²) in [5.74, 6) is 3.51. The van der Waals surface area contributed by atoms with E-state index < -0.39 is 0 Å². The van der Waals surface area contributed by atoms with Crippen molar-refractivity contribution in [3.8, 4) is 0 Å². The minimum absolute atomic E-state index is 0.522. The molecule has 1 aromatic rings. The molecule has 2 aliphatic carbocycles. The number of nitrogens with zero attached hydrogens (tertiary/aromatic N) is 1. The second kappa shape index (κ2) is 5.00. The van der Waals surface area contributed by atoms with Crippen molar-refractivity contribution in [2.75, 3.05) is 6.54 Å². The molecule has 4 unspecified atom stereocenters. The van der Waals surface area contributed by atoms with Crippen molar-refractivity contribution in [2.24, 2.45) is 17.8 Å². The highest BCUT2D eigenvalue weighted by molar-refractivity contribution is 5.13. The monoisotopic (exact) mass is 244 g/mol. The van der Waals surface area contributed by atoms with Gasteiger partial charge in [-0.3, -0.25) is 4.98 Å². The lowest BCUT2D eigenvalue weighted by atomic mass is 9.84. The van der Waals surface area contributed by atoms with Crippen LogP contribution in [0.4, 0.5) is 0 Å². The average molecular weight is 244 g/mol. The molecule has 0 spiro atoms. The molecule has 3 rings (SSSR count). The number of fused-ring (bicyclic) bond motifs is 1. The number of nitrogens with one attached hydrogen (secondary N) is 1. The third kappa shape index (κ3) is 2.31. The van der Waals surface area contributed by atoms with Gasteiger partial charge in [0.1, 0.15) is 0 Å². The molecule has 0 aromatic carbocycles. The lowest BCUT2D eigenvalue weighted by Crippen LogP contribution is -2.40. The van der Waals surface area contributed by atoms with Crippen LogP contribution in [0.5, 0.6) is 0 Å². The Morgan fingerprint density at radius 1 is 1.28 bits per heavy atom. The van der Waals surface area contributed by atoms with E-state index in [1.165, 1.54) is 25.0 Å². The summed E-state index contributed by atoms with van der Waals surface area (Å²) in [7, 11) is 0. The fourth-order valence-electron chi connectivity index (χ4n) is 3.87. The number of hydrogen-bond donors (Lipinski definition) is 1. The van der Waals surface area contributed by atoms with Gasteiger partial charge in [0.2, 0.25) is 0 Å². The molecular weight excluding hydrogens is 220 g/mol. The highest BCUT2D eigenvalue weighted by atomic mass is 14.9. The van der Waals surface area contributed by atoms with E-state index in [4.69, 9.17) is 0 Å². The first-order valence-corrected chi connectivity index (χ1v) is 7.44. The van der Waals surface area contributed by atoms with Gasteiger partial charge in [-0.15, -0.1) is 0 Å². The molecule has 98 valence electrons. The number of likely N-dealkylation sites (N-methyl/N-ethyl adjacent to an activating group) is 1. The molecule has 4 atom stereocenters. The maximum absolute atomic E-state index is 4.54. The van der Waals surface area contributed by atoms with E-state index in [0.29, 0.717) is 12.0 Å². The fourth-order valence-corrected chi connectivity index (χ4v) is 3.87. The van der Waals surface area contributed by atoms with Crippen LogP contribution in [0.3, 0.4) is 0 Å². The van der Waals surface area contributed by atoms with E-state index >= 15 is 0 Å². The molecule has 18 heavy (non-hydrogen) atoms. The summed E-state index contributed by atoms with van der Waals surface area (Å²) in [4.78, 5) is 4.54. The van der Waals surface area contributed by atoms with Crippen molar-refractivity contribution in [2.45, 2.75) is 45.1 Å². The molecule has 2 nitrogen and oxygen atoms in total. The van der Waals surface area contributed by atoms with E-state index in [1.807, 2.05) is 12.3 Å². The lowest BCUT2D eigenvalue weighted by molar-refractivity contribution is 0.301. The molecule has 0 bridgehead atoms. The molecule has 2 fully saturated rings. The third-order valence-corrected chi connectivity index (χ3v) is 4.92. The number of aromatic nitrogens is 1. The Morgan fingerprint density at radius 3 is 2.67 bits per heavy atom. The maximum Gasteiger partial charge on any atom is 0.0447 e. The number of pyridine rings is 1. The summed E-state index contributed by atoms with van der Waals surface area (Å²) in [5, 5.41) is 3.72. The van der Waals surface area contributed by atoms with E-state index in [2.05, 4.69) is 36.3 Å². The quantitative estimate of drug-likeness (QED) is 0.860. The summed E-state index contributed by atoms with van der Waals surface area (Å²) >= 11 is 0. The van der Waals surface area contributed by atoms with Gasteiger partial charge in [0.15, 0.2) is 0 Å². The molecule has 1 aromatic heterocycles. The Hall–Kier alpha value is -0.890. The zero-order chi connectivity index (χ0) is 12.5. The summed E-state index contributed by atoms with van der Waals surface area (Å²) in [6, 6.07) is 6.89. The van der Waals surface area contributed by atoms with Gasteiger partial charge in [0.05, 0.1) is 0 Å². The van der Waals surface area contributed by atoms with Crippen LogP contribution < -0.4 is 5.32 Å². The SMILES string of the molecule is CCNC(C1CC2CC2C1)C(C)c1ccccn1. The second-order valence-electron chi connectivity index (χ2n) is 6.11. The van der Waals surface area contributed by atoms with Crippen LogP contribution in [0.2, 0.25) is 0 Å². The summed E-state index contributed by atoms with van der Waals surface area (Å²) in [6.07, 6.45) is 6.31. The minimum Gasteiger partial charge on any atom is -0.313 e. The largest absolute Gasteiger partial charge is 0.313 e. The van der Waals surface area contributed by atoms with E-state index in [0.717, 1.165) is 24.3 Å². The van der Waals surface area contributed by atoms with Crippen molar-refractivity contribution in [1.82, 2.24) is 10.3 Å².